The van der Waals surface area contributed by atoms with Crippen molar-refractivity contribution in [3.63, 3.8) is 0 Å². The highest BCUT2D eigenvalue weighted by atomic mass is 79.9. The Balaban J connectivity index is 2.11. The van der Waals surface area contributed by atoms with E-state index in [2.05, 4.69) is 21.2 Å². The lowest BCUT2D eigenvalue weighted by atomic mass is 10.1. The first-order valence-electron chi connectivity index (χ1n) is 6.74. The number of alkyl halides is 1. The SMILES string of the molecule is COc1ccccc1[C@H](C)NC(=O)c1ccc(CBr)cc1. The maximum atomic E-state index is 12.3. The lowest BCUT2D eigenvalue weighted by Crippen LogP contribution is -2.26. The van der Waals surface area contributed by atoms with E-state index < -0.39 is 0 Å². The summed E-state index contributed by atoms with van der Waals surface area (Å²) in [5.74, 6) is 0.689. The summed E-state index contributed by atoms with van der Waals surface area (Å²) in [5, 5.41) is 3.78. The van der Waals surface area contributed by atoms with E-state index in [0.29, 0.717) is 5.56 Å². The van der Waals surface area contributed by atoms with Crippen molar-refractivity contribution in [2.45, 2.75) is 18.3 Å². The zero-order chi connectivity index (χ0) is 15.2. The van der Waals surface area contributed by atoms with Gasteiger partial charge in [0.15, 0.2) is 0 Å². The molecule has 110 valence electrons. The van der Waals surface area contributed by atoms with Gasteiger partial charge >= 0.3 is 0 Å². The monoisotopic (exact) mass is 347 g/mol. The topological polar surface area (TPSA) is 38.3 Å². The van der Waals surface area contributed by atoms with Crippen molar-refractivity contribution in [3.05, 3.63) is 65.2 Å². The molecular formula is C17H18BrNO2. The first-order valence-corrected chi connectivity index (χ1v) is 7.86. The average Bonchev–Trinajstić information content (AvgIpc) is 2.54. The maximum Gasteiger partial charge on any atom is 0.251 e. The summed E-state index contributed by atoms with van der Waals surface area (Å²) in [5.41, 5.74) is 2.76. The molecule has 1 amide bonds. The lowest BCUT2D eigenvalue weighted by Gasteiger charge is -2.17. The lowest BCUT2D eigenvalue weighted by molar-refractivity contribution is 0.0939. The Morgan fingerprint density at radius 1 is 1.19 bits per heavy atom. The van der Waals surface area contributed by atoms with E-state index in [1.54, 1.807) is 7.11 Å². The molecule has 0 radical (unpaired) electrons. The maximum absolute atomic E-state index is 12.3. The minimum Gasteiger partial charge on any atom is -0.496 e. The number of carbonyl (C=O) groups excluding carboxylic acids is 1. The largest absolute Gasteiger partial charge is 0.496 e. The molecule has 1 N–H and O–H groups in total. The minimum absolute atomic E-state index is 0.0884. The first-order chi connectivity index (χ1) is 10.2. The van der Waals surface area contributed by atoms with Crippen LogP contribution in [0.25, 0.3) is 0 Å². The van der Waals surface area contributed by atoms with Crippen LogP contribution in [-0.2, 0) is 5.33 Å². The molecule has 0 bridgehead atoms. The second-order valence-corrected chi connectivity index (χ2v) is 5.33. The van der Waals surface area contributed by atoms with Crippen molar-refractivity contribution < 1.29 is 9.53 Å². The highest BCUT2D eigenvalue weighted by molar-refractivity contribution is 9.08. The molecule has 4 heteroatoms. The Kier molecular flexibility index (Phi) is 5.39. The van der Waals surface area contributed by atoms with Crippen molar-refractivity contribution in [2.75, 3.05) is 7.11 Å². The molecule has 0 fully saturated rings. The number of para-hydroxylation sites is 1. The number of ether oxygens (including phenoxy) is 1. The summed E-state index contributed by atoms with van der Waals surface area (Å²) in [6.07, 6.45) is 0. The standard InChI is InChI=1S/C17H18BrNO2/c1-12(15-5-3-4-6-16(15)21-2)19-17(20)14-9-7-13(11-18)8-10-14/h3-10,12H,11H2,1-2H3,(H,19,20)/t12-/m0/s1. The van der Waals surface area contributed by atoms with E-state index in [0.717, 1.165) is 22.2 Å². The molecule has 21 heavy (non-hydrogen) atoms. The van der Waals surface area contributed by atoms with Gasteiger partial charge in [-0.1, -0.05) is 46.3 Å². The Hall–Kier alpha value is -1.81. The number of halogens is 1. The number of rotatable bonds is 5. The predicted molar refractivity (Wildman–Crippen MR) is 87.9 cm³/mol. The highest BCUT2D eigenvalue weighted by Gasteiger charge is 2.14. The van der Waals surface area contributed by atoms with Crippen molar-refractivity contribution in [3.8, 4) is 5.75 Å². The average molecular weight is 348 g/mol. The summed E-state index contributed by atoms with van der Waals surface area (Å²) in [4.78, 5) is 12.3. The number of amides is 1. The quantitative estimate of drug-likeness (QED) is 0.827. The van der Waals surface area contributed by atoms with E-state index in [4.69, 9.17) is 4.74 Å². The number of benzene rings is 2. The normalized spacial score (nSPS) is 11.8. The van der Waals surface area contributed by atoms with Crippen LogP contribution in [0, 0.1) is 0 Å². The molecule has 3 nitrogen and oxygen atoms in total. The van der Waals surface area contributed by atoms with E-state index in [9.17, 15) is 4.79 Å². The number of hydrogen-bond acceptors (Lipinski definition) is 2. The van der Waals surface area contributed by atoms with E-state index in [-0.39, 0.29) is 11.9 Å². The van der Waals surface area contributed by atoms with Crippen LogP contribution in [0.1, 0.15) is 34.5 Å². The molecule has 0 aliphatic heterocycles. The second kappa shape index (κ2) is 7.27. The van der Waals surface area contributed by atoms with Crippen molar-refractivity contribution in [1.29, 1.82) is 0 Å². The van der Waals surface area contributed by atoms with Crippen molar-refractivity contribution >= 4 is 21.8 Å². The zero-order valence-corrected chi connectivity index (χ0v) is 13.7. The third kappa shape index (κ3) is 3.85. The number of carbonyl (C=O) groups is 1. The summed E-state index contributed by atoms with van der Waals surface area (Å²) >= 11 is 3.39. The van der Waals surface area contributed by atoms with Gasteiger partial charge in [-0.2, -0.15) is 0 Å². The third-order valence-electron chi connectivity index (χ3n) is 3.32. The van der Waals surface area contributed by atoms with Gasteiger partial charge in [-0.05, 0) is 30.7 Å². The third-order valence-corrected chi connectivity index (χ3v) is 3.97. The van der Waals surface area contributed by atoms with Crippen LogP contribution in [-0.4, -0.2) is 13.0 Å². The van der Waals surface area contributed by atoms with Gasteiger partial charge in [-0.3, -0.25) is 4.79 Å². The van der Waals surface area contributed by atoms with Crippen LogP contribution < -0.4 is 10.1 Å². The van der Waals surface area contributed by atoms with Gasteiger partial charge in [0.1, 0.15) is 5.75 Å². The Bertz CT molecular complexity index is 610. The molecule has 1 atom stereocenters. The summed E-state index contributed by atoms with van der Waals surface area (Å²) in [7, 11) is 1.63. The van der Waals surface area contributed by atoms with Gasteiger partial charge in [-0.25, -0.2) is 0 Å². The fourth-order valence-corrected chi connectivity index (χ4v) is 2.50. The van der Waals surface area contributed by atoms with Crippen LogP contribution >= 0.6 is 15.9 Å². The van der Waals surface area contributed by atoms with Crippen LogP contribution in [0.2, 0.25) is 0 Å². The van der Waals surface area contributed by atoms with E-state index in [1.807, 2.05) is 55.5 Å². The van der Waals surface area contributed by atoms with Crippen LogP contribution in [0.5, 0.6) is 5.75 Å². The number of methoxy groups -OCH3 is 1. The van der Waals surface area contributed by atoms with Crippen molar-refractivity contribution in [1.82, 2.24) is 5.32 Å². The first kappa shape index (κ1) is 15.6. The van der Waals surface area contributed by atoms with Gasteiger partial charge in [0.05, 0.1) is 13.2 Å². The van der Waals surface area contributed by atoms with Gasteiger partial charge in [0.2, 0.25) is 0 Å². The summed E-state index contributed by atoms with van der Waals surface area (Å²) < 4.78 is 5.33. The van der Waals surface area contributed by atoms with Gasteiger partial charge < -0.3 is 10.1 Å². The molecule has 0 aliphatic rings. The summed E-state index contributed by atoms with van der Waals surface area (Å²) in [6.45, 7) is 1.95. The van der Waals surface area contributed by atoms with Gasteiger partial charge in [-0.15, -0.1) is 0 Å². The fourth-order valence-electron chi connectivity index (χ4n) is 2.13. The molecule has 2 aromatic carbocycles. The van der Waals surface area contributed by atoms with Crippen molar-refractivity contribution in [2.24, 2.45) is 0 Å². The highest BCUT2D eigenvalue weighted by Crippen LogP contribution is 2.24. The van der Waals surface area contributed by atoms with Crippen LogP contribution in [0.4, 0.5) is 0 Å². The Morgan fingerprint density at radius 3 is 2.48 bits per heavy atom. The summed E-state index contributed by atoms with van der Waals surface area (Å²) in [6, 6.07) is 15.1. The molecule has 0 aromatic heterocycles. The zero-order valence-electron chi connectivity index (χ0n) is 12.1. The predicted octanol–water partition coefficient (Wildman–Crippen LogP) is 4.08. The van der Waals surface area contributed by atoms with Gasteiger partial charge in [0.25, 0.3) is 5.91 Å². The van der Waals surface area contributed by atoms with Crippen LogP contribution in [0.3, 0.4) is 0 Å². The molecule has 2 rings (SSSR count). The second-order valence-electron chi connectivity index (χ2n) is 4.77. The molecule has 0 saturated carbocycles. The molecule has 2 aromatic rings. The molecule has 0 heterocycles. The Morgan fingerprint density at radius 2 is 1.86 bits per heavy atom. The smallest absolute Gasteiger partial charge is 0.251 e. The van der Waals surface area contributed by atoms with E-state index in [1.165, 1.54) is 0 Å². The molecule has 0 unspecified atom stereocenters. The minimum atomic E-state index is -0.121. The molecule has 0 spiro atoms. The molecule has 0 aliphatic carbocycles. The van der Waals surface area contributed by atoms with Gasteiger partial charge in [0, 0.05) is 16.5 Å². The molecular weight excluding hydrogens is 330 g/mol. The fraction of sp³-hybridized carbons (Fsp3) is 0.235. The Labute approximate surface area is 133 Å². The number of hydrogen-bond donors (Lipinski definition) is 1. The molecule has 0 saturated heterocycles. The number of nitrogens with one attached hydrogen (secondary N) is 1. The van der Waals surface area contributed by atoms with Crippen LogP contribution in [0.15, 0.2) is 48.5 Å². The van der Waals surface area contributed by atoms with E-state index >= 15 is 0 Å².